The predicted octanol–water partition coefficient (Wildman–Crippen LogP) is 1.26. The van der Waals surface area contributed by atoms with E-state index in [-0.39, 0.29) is 0 Å². The molecule has 15 heavy (non-hydrogen) atoms. The highest BCUT2D eigenvalue weighted by Crippen LogP contribution is 2.38. The first-order valence-electron chi connectivity index (χ1n) is 3.53. The van der Waals surface area contributed by atoms with Crippen molar-refractivity contribution in [2.75, 3.05) is 0 Å². The van der Waals surface area contributed by atoms with Crippen LogP contribution in [0.25, 0.3) is 0 Å². The van der Waals surface area contributed by atoms with Crippen molar-refractivity contribution < 1.29 is 33.8 Å². The van der Waals surface area contributed by atoms with E-state index in [4.69, 9.17) is 15.3 Å². The fourth-order valence-electron chi connectivity index (χ4n) is 0.867. The predicted molar refractivity (Wildman–Crippen MR) is 45.7 cm³/mol. The van der Waals surface area contributed by atoms with E-state index < -0.39 is 36.7 Å². The molecule has 1 rings (SSSR count). The average Bonchev–Trinajstić information content (AvgIpc) is 2.11. The van der Waals surface area contributed by atoms with E-state index in [0.29, 0.717) is 0 Å². The van der Waals surface area contributed by atoms with Gasteiger partial charge < -0.3 is 19.8 Å². The lowest BCUT2D eigenvalue weighted by molar-refractivity contribution is 0.0696. The zero-order valence-corrected chi connectivity index (χ0v) is 7.97. The van der Waals surface area contributed by atoms with Crippen LogP contribution in [0.15, 0.2) is 12.1 Å². The number of carboxylic acid groups (broad SMARTS) is 1. The molecule has 0 aromatic heterocycles. The monoisotopic (exact) mass is 232 g/mol. The Bertz CT molecular complexity index is 468. The highest BCUT2D eigenvalue weighted by molar-refractivity contribution is 7.25. The summed E-state index contributed by atoms with van der Waals surface area (Å²) >= 11 is 0. The largest absolute Gasteiger partial charge is 0.529 e. The van der Waals surface area contributed by atoms with Crippen LogP contribution in [0, 0.1) is 0 Å². The first-order valence-corrected chi connectivity index (χ1v) is 4.63. The maximum Gasteiger partial charge on any atom is 0.529 e. The lowest BCUT2D eigenvalue weighted by atomic mass is 10.2. The van der Waals surface area contributed by atoms with Crippen LogP contribution < -0.4 is 4.52 Å². The van der Waals surface area contributed by atoms with Crippen molar-refractivity contribution in [2.24, 2.45) is 0 Å². The molecule has 1 aromatic carbocycles. The summed E-state index contributed by atoms with van der Waals surface area (Å²) in [7, 11) is -3.30. The third kappa shape index (κ3) is 2.47. The lowest BCUT2D eigenvalue weighted by Gasteiger charge is -2.04. The van der Waals surface area contributed by atoms with Crippen LogP contribution in [-0.2, 0) is 9.13 Å². The fourth-order valence-corrected chi connectivity index (χ4v) is 1.17. The standard InChI is InChI=1S/C7H5O7P/c8-4-1-3(7(10)11)2-5(6(4)9)14-15(12)13/h1-2,8-9H,(H,10,11). The summed E-state index contributed by atoms with van der Waals surface area (Å²) in [5.41, 5.74) is -0.405. The van der Waals surface area contributed by atoms with Crippen LogP contribution in [0.4, 0.5) is 0 Å². The average molecular weight is 232 g/mol. The summed E-state index contributed by atoms with van der Waals surface area (Å²) in [6.45, 7) is 0. The number of hydrogen-bond acceptors (Lipinski definition) is 6. The topological polar surface area (TPSA) is 121 Å². The van der Waals surface area contributed by atoms with Gasteiger partial charge in [-0.1, -0.05) is 0 Å². The second kappa shape index (κ2) is 4.02. The Labute approximate surface area is 83.5 Å². The Balaban J connectivity index is 3.30. The van der Waals surface area contributed by atoms with E-state index in [1.54, 1.807) is 0 Å². The smallest absolute Gasteiger partial charge is 0.504 e. The van der Waals surface area contributed by atoms with Crippen molar-refractivity contribution in [3.05, 3.63) is 17.7 Å². The molecule has 0 bridgehead atoms. The van der Waals surface area contributed by atoms with Crippen LogP contribution in [0.5, 0.6) is 17.2 Å². The van der Waals surface area contributed by atoms with Crippen molar-refractivity contribution in [1.82, 2.24) is 0 Å². The number of aromatic hydroxyl groups is 2. The Morgan fingerprint density at radius 1 is 1.27 bits per heavy atom. The van der Waals surface area contributed by atoms with Gasteiger partial charge in [0.05, 0.1) is 5.56 Å². The molecule has 0 amide bonds. The van der Waals surface area contributed by atoms with Crippen LogP contribution in [0.3, 0.4) is 0 Å². The van der Waals surface area contributed by atoms with E-state index in [0.717, 1.165) is 12.1 Å². The molecule has 0 aliphatic heterocycles. The van der Waals surface area contributed by atoms with Gasteiger partial charge in [0.2, 0.25) is 5.75 Å². The number of rotatable bonds is 3. The molecule has 0 aliphatic carbocycles. The number of aromatic carboxylic acids is 1. The minimum Gasteiger partial charge on any atom is -0.504 e. The van der Waals surface area contributed by atoms with Crippen LogP contribution >= 0.6 is 7.91 Å². The van der Waals surface area contributed by atoms with E-state index in [1.165, 1.54) is 0 Å². The second-order valence-corrected chi connectivity index (χ2v) is 3.09. The third-order valence-electron chi connectivity index (χ3n) is 1.47. The lowest BCUT2D eigenvalue weighted by Crippen LogP contribution is -1.96. The number of phenols is 2. The van der Waals surface area contributed by atoms with Gasteiger partial charge in [-0.2, -0.15) is 9.13 Å². The van der Waals surface area contributed by atoms with Gasteiger partial charge in [-0.3, -0.25) is 0 Å². The van der Waals surface area contributed by atoms with Crippen molar-refractivity contribution in [1.29, 1.82) is 0 Å². The summed E-state index contributed by atoms with van der Waals surface area (Å²) in [5.74, 6) is -3.64. The van der Waals surface area contributed by atoms with Crippen LogP contribution in [0.1, 0.15) is 10.4 Å². The molecule has 8 heteroatoms. The van der Waals surface area contributed by atoms with E-state index >= 15 is 0 Å². The molecule has 0 radical (unpaired) electrons. The molecule has 80 valence electrons. The Morgan fingerprint density at radius 3 is 2.33 bits per heavy atom. The SMILES string of the molecule is O=C(O)c1cc(O)c(O)c(OP(=O)=O)c1. The Morgan fingerprint density at radius 2 is 1.87 bits per heavy atom. The Hall–Kier alpha value is -2.01. The molecular formula is C7H5O7P. The van der Waals surface area contributed by atoms with E-state index in [9.17, 15) is 13.9 Å². The van der Waals surface area contributed by atoms with E-state index in [1.807, 2.05) is 0 Å². The van der Waals surface area contributed by atoms with Crippen molar-refractivity contribution in [3.8, 4) is 17.2 Å². The molecule has 0 atom stereocenters. The zero-order valence-electron chi connectivity index (χ0n) is 7.08. The molecule has 0 saturated heterocycles. The molecule has 0 fully saturated rings. The minimum absolute atomic E-state index is 0.405. The number of carboxylic acids is 1. The maximum absolute atomic E-state index is 10.5. The van der Waals surface area contributed by atoms with Gasteiger partial charge >= 0.3 is 13.9 Å². The Kier molecular flexibility index (Phi) is 2.96. The molecule has 0 heterocycles. The molecule has 0 spiro atoms. The van der Waals surface area contributed by atoms with Crippen molar-refractivity contribution in [2.45, 2.75) is 0 Å². The van der Waals surface area contributed by atoms with Crippen LogP contribution in [0.2, 0.25) is 0 Å². The number of carbonyl (C=O) groups is 1. The molecule has 0 aliphatic rings. The van der Waals surface area contributed by atoms with Gasteiger partial charge in [0, 0.05) is 6.07 Å². The van der Waals surface area contributed by atoms with Gasteiger partial charge in [-0.15, -0.1) is 0 Å². The first kappa shape index (κ1) is 11.1. The summed E-state index contributed by atoms with van der Waals surface area (Å²) in [5, 5.41) is 26.7. The molecule has 7 nitrogen and oxygen atoms in total. The van der Waals surface area contributed by atoms with Gasteiger partial charge in [0.1, 0.15) is 0 Å². The van der Waals surface area contributed by atoms with Gasteiger partial charge in [-0.25, -0.2) is 4.79 Å². The molecule has 1 aromatic rings. The third-order valence-corrected chi connectivity index (χ3v) is 1.82. The minimum atomic E-state index is -3.30. The molecule has 3 N–H and O–H groups in total. The number of phenolic OH excluding ortho intramolecular Hbond substituents is 2. The summed E-state index contributed by atoms with van der Waals surface area (Å²) in [6.07, 6.45) is 0. The maximum atomic E-state index is 10.5. The first-order chi connectivity index (χ1) is 6.91. The van der Waals surface area contributed by atoms with Gasteiger partial charge in [0.25, 0.3) is 0 Å². The van der Waals surface area contributed by atoms with Crippen molar-refractivity contribution in [3.63, 3.8) is 0 Å². The summed E-state index contributed by atoms with van der Waals surface area (Å²) < 4.78 is 24.5. The van der Waals surface area contributed by atoms with Crippen LogP contribution in [-0.4, -0.2) is 21.3 Å². The quantitative estimate of drug-likeness (QED) is 0.529. The zero-order chi connectivity index (χ0) is 11.6. The summed E-state index contributed by atoms with van der Waals surface area (Å²) in [4.78, 5) is 10.5. The highest BCUT2D eigenvalue weighted by atomic mass is 31.1. The highest BCUT2D eigenvalue weighted by Gasteiger charge is 2.15. The van der Waals surface area contributed by atoms with Gasteiger partial charge in [-0.05, 0) is 6.07 Å². The molecule has 0 saturated carbocycles. The fraction of sp³-hybridized carbons (Fsp3) is 0. The molecular weight excluding hydrogens is 227 g/mol. The van der Waals surface area contributed by atoms with Crippen molar-refractivity contribution >= 4 is 13.9 Å². The number of hydrogen-bond donors (Lipinski definition) is 3. The summed E-state index contributed by atoms with van der Waals surface area (Å²) in [6, 6.07) is 1.55. The van der Waals surface area contributed by atoms with Gasteiger partial charge in [0.15, 0.2) is 11.5 Å². The second-order valence-electron chi connectivity index (χ2n) is 2.46. The normalized spacial score (nSPS) is 9.60. The molecule has 0 unspecified atom stereocenters. The number of benzene rings is 1. The van der Waals surface area contributed by atoms with E-state index in [2.05, 4.69) is 4.52 Å².